The lowest BCUT2D eigenvalue weighted by atomic mass is 10.2. The molecule has 126 valence electrons. The Balaban J connectivity index is 2.21. The smallest absolute Gasteiger partial charge is 0.311 e. The molecule has 0 spiro atoms. The Labute approximate surface area is 142 Å². The first-order valence-electron chi connectivity index (χ1n) is 6.92. The molecule has 0 bridgehead atoms. The molecule has 0 saturated carbocycles. The van der Waals surface area contributed by atoms with E-state index in [1.807, 2.05) is 13.0 Å². The Morgan fingerprint density at radius 2 is 2.21 bits per heavy atom. The number of aromatic nitrogens is 2. The normalized spacial score (nSPS) is 11.2. The quantitative estimate of drug-likeness (QED) is 0.437. The van der Waals surface area contributed by atoms with E-state index in [0.29, 0.717) is 10.7 Å². The van der Waals surface area contributed by atoms with Gasteiger partial charge in [0.05, 0.1) is 19.2 Å². The minimum Gasteiger partial charge on any atom is -0.469 e. The Morgan fingerprint density at radius 3 is 2.88 bits per heavy atom. The fourth-order valence-electron chi connectivity index (χ4n) is 1.82. The molecular formula is C15H16ClN5O3. The first-order chi connectivity index (χ1) is 11.4. The SMILES string of the molecule is COC(=O)Cc1cc(=O)[nH]c(N=C(N)Nc2ccc(C)c(Cl)c2)n1. The molecule has 0 aliphatic rings. The first-order valence-corrected chi connectivity index (χ1v) is 7.29. The second kappa shape index (κ2) is 7.60. The predicted molar refractivity (Wildman–Crippen MR) is 91.7 cm³/mol. The van der Waals surface area contributed by atoms with Crippen molar-refractivity contribution in [2.75, 3.05) is 12.4 Å². The van der Waals surface area contributed by atoms with Gasteiger partial charge in [-0.05, 0) is 24.6 Å². The number of anilines is 1. The van der Waals surface area contributed by atoms with Crippen molar-refractivity contribution >= 4 is 35.2 Å². The summed E-state index contributed by atoms with van der Waals surface area (Å²) in [6.07, 6.45) is -0.135. The van der Waals surface area contributed by atoms with Gasteiger partial charge in [0.25, 0.3) is 5.56 Å². The fourth-order valence-corrected chi connectivity index (χ4v) is 2.00. The number of nitrogens with one attached hydrogen (secondary N) is 2. The maximum atomic E-state index is 11.6. The van der Waals surface area contributed by atoms with Gasteiger partial charge >= 0.3 is 5.97 Å². The minimum absolute atomic E-state index is 0.00767. The number of carbonyl (C=O) groups is 1. The van der Waals surface area contributed by atoms with Crippen molar-refractivity contribution in [3.63, 3.8) is 0 Å². The Kier molecular flexibility index (Phi) is 5.54. The number of rotatable bonds is 4. The van der Waals surface area contributed by atoms with E-state index in [1.165, 1.54) is 13.2 Å². The minimum atomic E-state index is -0.511. The van der Waals surface area contributed by atoms with Crippen molar-refractivity contribution in [3.05, 3.63) is 50.9 Å². The number of ether oxygens (including phenoxy) is 1. The molecule has 0 aliphatic heterocycles. The number of nitrogens with two attached hydrogens (primary N) is 1. The summed E-state index contributed by atoms with van der Waals surface area (Å²) in [7, 11) is 1.25. The molecule has 0 saturated heterocycles. The number of carbonyl (C=O) groups excluding carboxylic acids is 1. The number of hydrogen-bond donors (Lipinski definition) is 3. The zero-order chi connectivity index (χ0) is 17.7. The average Bonchev–Trinajstić information content (AvgIpc) is 2.50. The van der Waals surface area contributed by atoms with Crippen LogP contribution in [0.3, 0.4) is 0 Å². The number of halogens is 1. The van der Waals surface area contributed by atoms with Gasteiger partial charge in [-0.15, -0.1) is 0 Å². The number of methoxy groups -OCH3 is 1. The number of aryl methyl sites for hydroxylation is 1. The van der Waals surface area contributed by atoms with E-state index in [9.17, 15) is 9.59 Å². The van der Waals surface area contributed by atoms with E-state index in [1.54, 1.807) is 12.1 Å². The van der Waals surface area contributed by atoms with Crippen LogP contribution in [-0.4, -0.2) is 29.0 Å². The molecule has 2 rings (SSSR count). The van der Waals surface area contributed by atoms with Crippen LogP contribution < -0.4 is 16.6 Å². The van der Waals surface area contributed by atoms with Gasteiger partial charge < -0.3 is 15.8 Å². The molecule has 8 nitrogen and oxygen atoms in total. The van der Waals surface area contributed by atoms with Crippen molar-refractivity contribution < 1.29 is 9.53 Å². The highest BCUT2D eigenvalue weighted by Gasteiger charge is 2.07. The molecule has 0 atom stereocenters. The second-order valence-corrected chi connectivity index (χ2v) is 5.31. The Morgan fingerprint density at radius 1 is 1.46 bits per heavy atom. The number of nitrogens with zero attached hydrogens (tertiary/aromatic N) is 2. The molecule has 2 aromatic rings. The molecule has 0 aliphatic carbocycles. The monoisotopic (exact) mass is 349 g/mol. The maximum Gasteiger partial charge on any atom is 0.311 e. The van der Waals surface area contributed by atoms with Crippen molar-refractivity contribution in [3.8, 4) is 0 Å². The van der Waals surface area contributed by atoms with Crippen molar-refractivity contribution in [1.82, 2.24) is 9.97 Å². The van der Waals surface area contributed by atoms with E-state index >= 15 is 0 Å². The highest BCUT2D eigenvalue weighted by atomic mass is 35.5. The number of H-pyrrole nitrogens is 1. The van der Waals surface area contributed by atoms with E-state index in [-0.39, 0.29) is 24.0 Å². The highest BCUT2D eigenvalue weighted by Crippen LogP contribution is 2.19. The third-order valence-electron chi connectivity index (χ3n) is 3.01. The summed E-state index contributed by atoms with van der Waals surface area (Å²) >= 11 is 6.04. The van der Waals surface area contributed by atoms with E-state index in [2.05, 4.69) is 25.0 Å². The number of benzene rings is 1. The summed E-state index contributed by atoms with van der Waals surface area (Å²) < 4.78 is 4.54. The Hall–Kier alpha value is -2.87. The van der Waals surface area contributed by atoms with Gasteiger partial charge in [-0.25, -0.2) is 4.98 Å². The van der Waals surface area contributed by atoms with Crippen LogP contribution in [0.15, 0.2) is 34.1 Å². The number of guanidine groups is 1. The summed E-state index contributed by atoms with van der Waals surface area (Å²) in [5.41, 5.74) is 7.15. The highest BCUT2D eigenvalue weighted by molar-refractivity contribution is 6.31. The van der Waals surface area contributed by atoms with Gasteiger partial charge in [0.15, 0.2) is 0 Å². The van der Waals surface area contributed by atoms with Crippen LogP contribution in [0.1, 0.15) is 11.3 Å². The summed E-state index contributed by atoms with van der Waals surface area (Å²) in [4.78, 5) is 33.3. The van der Waals surface area contributed by atoms with Gasteiger partial charge in [-0.2, -0.15) is 4.99 Å². The van der Waals surface area contributed by atoms with E-state index in [4.69, 9.17) is 17.3 Å². The van der Waals surface area contributed by atoms with Crippen molar-refractivity contribution in [2.24, 2.45) is 10.7 Å². The lowest BCUT2D eigenvalue weighted by molar-refractivity contribution is -0.139. The van der Waals surface area contributed by atoms with Gasteiger partial charge in [0.2, 0.25) is 11.9 Å². The van der Waals surface area contributed by atoms with Crippen molar-refractivity contribution in [2.45, 2.75) is 13.3 Å². The van der Waals surface area contributed by atoms with Crippen LogP contribution in [0.4, 0.5) is 11.6 Å². The fraction of sp³-hybridized carbons (Fsp3) is 0.200. The molecule has 1 aromatic carbocycles. The molecule has 4 N–H and O–H groups in total. The van der Waals surface area contributed by atoms with E-state index in [0.717, 1.165) is 5.56 Å². The molecule has 24 heavy (non-hydrogen) atoms. The van der Waals surface area contributed by atoms with Gasteiger partial charge in [0, 0.05) is 16.8 Å². The molecule has 0 unspecified atom stereocenters. The second-order valence-electron chi connectivity index (χ2n) is 4.90. The molecule has 1 aromatic heterocycles. The first kappa shape index (κ1) is 17.5. The van der Waals surface area contributed by atoms with Crippen LogP contribution >= 0.6 is 11.6 Å². The molecule has 0 fully saturated rings. The summed E-state index contributed by atoms with van der Waals surface area (Å²) in [6, 6.07) is 6.50. The lowest BCUT2D eigenvalue weighted by Gasteiger charge is -2.07. The number of aliphatic imine (C=N–C) groups is 1. The number of hydrogen-bond acceptors (Lipinski definition) is 5. The third-order valence-corrected chi connectivity index (χ3v) is 3.41. The number of aromatic amines is 1. The van der Waals surface area contributed by atoms with Crippen LogP contribution in [0, 0.1) is 6.92 Å². The predicted octanol–water partition coefficient (Wildman–Crippen LogP) is 1.51. The zero-order valence-corrected chi connectivity index (χ0v) is 13.8. The lowest BCUT2D eigenvalue weighted by Crippen LogP contribution is -2.22. The average molecular weight is 350 g/mol. The summed E-state index contributed by atoms with van der Waals surface area (Å²) in [5, 5.41) is 3.42. The van der Waals surface area contributed by atoms with Crippen LogP contribution in [0.5, 0.6) is 0 Å². The topological polar surface area (TPSA) is 122 Å². The maximum absolute atomic E-state index is 11.6. The number of esters is 1. The standard InChI is InChI=1S/C15H16ClN5O3/c1-8-3-4-9(5-11(8)16)18-14(17)21-15-19-10(6-12(22)20-15)7-13(23)24-2/h3-6H,7H2,1-2H3,(H4,17,18,19,20,21,22). The van der Waals surface area contributed by atoms with Crippen LogP contribution in [0.2, 0.25) is 5.02 Å². The van der Waals surface area contributed by atoms with Crippen LogP contribution in [0.25, 0.3) is 0 Å². The molecule has 0 amide bonds. The van der Waals surface area contributed by atoms with Gasteiger partial charge in [-0.3, -0.25) is 14.6 Å². The molecular weight excluding hydrogens is 334 g/mol. The summed E-state index contributed by atoms with van der Waals surface area (Å²) in [6.45, 7) is 1.88. The largest absolute Gasteiger partial charge is 0.469 e. The zero-order valence-electron chi connectivity index (χ0n) is 13.1. The molecule has 1 heterocycles. The molecule has 0 radical (unpaired) electrons. The van der Waals surface area contributed by atoms with E-state index < -0.39 is 11.5 Å². The summed E-state index contributed by atoms with van der Waals surface area (Å²) in [5.74, 6) is -0.527. The third kappa shape index (κ3) is 4.82. The van der Waals surface area contributed by atoms with Gasteiger partial charge in [-0.1, -0.05) is 17.7 Å². The van der Waals surface area contributed by atoms with Gasteiger partial charge in [0.1, 0.15) is 0 Å². The van der Waals surface area contributed by atoms with Crippen LogP contribution in [-0.2, 0) is 16.0 Å². The Bertz CT molecular complexity index is 847. The molecule has 9 heteroatoms. The van der Waals surface area contributed by atoms with Crippen molar-refractivity contribution in [1.29, 1.82) is 0 Å².